The number of fused-ring (bicyclic) bond motifs is 1. The van der Waals surface area contributed by atoms with Crippen LogP contribution < -0.4 is 5.32 Å². The van der Waals surface area contributed by atoms with Gasteiger partial charge in [-0.05, 0) is 23.3 Å². The first-order valence-electron chi connectivity index (χ1n) is 7.75. The van der Waals surface area contributed by atoms with Crippen molar-refractivity contribution < 1.29 is 9.59 Å². The van der Waals surface area contributed by atoms with Crippen molar-refractivity contribution in [2.45, 2.75) is 0 Å². The van der Waals surface area contributed by atoms with Gasteiger partial charge in [0.15, 0.2) is 0 Å². The van der Waals surface area contributed by atoms with Gasteiger partial charge in [0, 0.05) is 18.0 Å². The second-order valence-electron chi connectivity index (χ2n) is 5.61. The monoisotopic (exact) mass is 327 g/mol. The second kappa shape index (κ2) is 6.13. The topological polar surface area (TPSA) is 72.0 Å². The number of carbonyl (C=O) groups excluding carboxylic acids is 2. The number of hydrogen-bond acceptors (Lipinski definition) is 5. The van der Waals surface area contributed by atoms with Crippen molar-refractivity contribution in [1.29, 1.82) is 0 Å². The van der Waals surface area contributed by atoms with Crippen molar-refractivity contribution in [3.8, 4) is 11.1 Å². The molecule has 1 aromatic heterocycles. The zero-order valence-electron chi connectivity index (χ0n) is 13.1. The van der Waals surface area contributed by atoms with E-state index in [1.807, 2.05) is 54.6 Å². The lowest BCUT2D eigenvalue weighted by atomic mass is 9.98. The average Bonchev–Trinajstić information content (AvgIpc) is 2.67. The SMILES string of the molecule is O=C1C(Nc2cccc(-c3ccccc3)c2)=CC(=O)c2ncncc21. The van der Waals surface area contributed by atoms with Crippen LogP contribution in [-0.4, -0.2) is 21.5 Å². The number of Topliss-reactive ketones (excluding diaryl/α,β-unsaturated/α-hetero) is 1. The summed E-state index contributed by atoms with van der Waals surface area (Å²) < 4.78 is 0. The van der Waals surface area contributed by atoms with Crippen LogP contribution >= 0.6 is 0 Å². The number of nitrogens with zero attached hydrogens (tertiary/aromatic N) is 2. The van der Waals surface area contributed by atoms with Crippen LogP contribution in [0.1, 0.15) is 20.8 Å². The largest absolute Gasteiger partial charge is 0.352 e. The molecule has 1 aliphatic rings. The maximum atomic E-state index is 12.6. The van der Waals surface area contributed by atoms with E-state index in [1.165, 1.54) is 18.6 Å². The number of rotatable bonds is 3. The first kappa shape index (κ1) is 15.0. The molecule has 5 nitrogen and oxygen atoms in total. The Kier molecular flexibility index (Phi) is 3.67. The summed E-state index contributed by atoms with van der Waals surface area (Å²) in [6, 6.07) is 17.6. The number of ketones is 2. The molecular formula is C20H13N3O2. The average molecular weight is 327 g/mol. The minimum absolute atomic E-state index is 0.142. The van der Waals surface area contributed by atoms with Gasteiger partial charge >= 0.3 is 0 Å². The van der Waals surface area contributed by atoms with Crippen molar-refractivity contribution >= 4 is 17.3 Å². The summed E-state index contributed by atoms with van der Waals surface area (Å²) in [6.45, 7) is 0. The van der Waals surface area contributed by atoms with E-state index in [0.717, 1.165) is 16.8 Å². The Morgan fingerprint density at radius 2 is 1.68 bits per heavy atom. The predicted molar refractivity (Wildman–Crippen MR) is 94.3 cm³/mol. The molecule has 0 radical (unpaired) electrons. The molecular weight excluding hydrogens is 314 g/mol. The summed E-state index contributed by atoms with van der Waals surface area (Å²) >= 11 is 0. The highest BCUT2D eigenvalue weighted by atomic mass is 16.1. The van der Waals surface area contributed by atoms with Crippen molar-refractivity contribution in [3.63, 3.8) is 0 Å². The van der Waals surface area contributed by atoms with Crippen LogP contribution in [0.25, 0.3) is 11.1 Å². The molecule has 0 fully saturated rings. The number of carbonyl (C=O) groups is 2. The van der Waals surface area contributed by atoms with E-state index in [0.29, 0.717) is 0 Å². The molecule has 0 atom stereocenters. The van der Waals surface area contributed by atoms with Crippen LogP contribution in [0.3, 0.4) is 0 Å². The molecule has 0 unspecified atom stereocenters. The molecule has 1 N–H and O–H groups in total. The Morgan fingerprint density at radius 1 is 0.880 bits per heavy atom. The zero-order chi connectivity index (χ0) is 17.2. The summed E-state index contributed by atoms with van der Waals surface area (Å²) in [5, 5.41) is 3.05. The Labute approximate surface area is 144 Å². The summed E-state index contributed by atoms with van der Waals surface area (Å²) in [5.74, 6) is -0.598. The Balaban J connectivity index is 1.65. The third-order valence-electron chi connectivity index (χ3n) is 3.96. The summed E-state index contributed by atoms with van der Waals surface area (Å²) in [4.78, 5) is 32.5. The molecule has 4 rings (SSSR count). The molecule has 2 aromatic carbocycles. The van der Waals surface area contributed by atoms with Crippen LogP contribution in [0.15, 0.2) is 78.9 Å². The smallest absolute Gasteiger partial charge is 0.213 e. The number of aromatic nitrogens is 2. The van der Waals surface area contributed by atoms with E-state index in [9.17, 15) is 9.59 Å². The first-order chi connectivity index (χ1) is 12.2. The van der Waals surface area contributed by atoms with E-state index >= 15 is 0 Å². The van der Waals surface area contributed by atoms with Gasteiger partial charge in [0.25, 0.3) is 0 Å². The molecule has 0 saturated heterocycles. The predicted octanol–water partition coefficient (Wildman–Crippen LogP) is 3.52. The lowest BCUT2D eigenvalue weighted by Crippen LogP contribution is -2.22. The quantitative estimate of drug-likeness (QED) is 0.797. The molecule has 25 heavy (non-hydrogen) atoms. The van der Waals surface area contributed by atoms with Crippen LogP contribution in [-0.2, 0) is 0 Å². The van der Waals surface area contributed by atoms with E-state index in [4.69, 9.17) is 0 Å². The summed E-state index contributed by atoms with van der Waals surface area (Å²) in [6.07, 6.45) is 3.92. The molecule has 0 aliphatic heterocycles. The minimum Gasteiger partial charge on any atom is -0.352 e. The number of allylic oxidation sites excluding steroid dienone is 2. The van der Waals surface area contributed by atoms with Gasteiger partial charge in [-0.15, -0.1) is 0 Å². The van der Waals surface area contributed by atoms with Crippen LogP contribution in [0.5, 0.6) is 0 Å². The van der Waals surface area contributed by atoms with Gasteiger partial charge in [-0.2, -0.15) is 0 Å². The molecule has 1 aliphatic carbocycles. The van der Waals surface area contributed by atoms with Crippen molar-refractivity contribution in [2.75, 3.05) is 5.32 Å². The fraction of sp³-hybridized carbons (Fsp3) is 0. The highest BCUT2D eigenvalue weighted by molar-refractivity contribution is 6.24. The van der Waals surface area contributed by atoms with E-state index in [1.54, 1.807) is 0 Å². The highest BCUT2D eigenvalue weighted by Crippen LogP contribution is 2.25. The minimum atomic E-state index is -0.307. The summed E-state index contributed by atoms with van der Waals surface area (Å²) in [5.41, 5.74) is 3.40. The number of anilines is 1. The first-order valence-corrected chi connectivity index (χ1v) is 7.75. The van der Waals surface area contributed by atoms with Crippen LogP contribution in [0, 0.1) is 0 Å². The number of hydrogen-bond donors (Lipinski definition) is 1. The van der Waals surface area contributed by atoms with Gasteiger partial charge in [-0.1, -0.05) is 42.5 Å². The molecule has 0 spiro atoms. The van der Waals surface area contributed by atoms with Crippen molar-refractivity contribution in [3.05, 3.63) is 90.2 Å². The van der Waals surface area contributed by atoms with Gasteiger partial charge < -0.3 is 5.32 Å². The number of benzene rings is 2. The zero-order valence-corrected chi connectivity index (χ0v) is 13.1. The summed E-state index contributed by atoms with van der Waals surface area (Å²) in [7, 11) is 0. The Morgan fingerprint density at radius 3 is 2.52 bits per heavy atom. The molecule has 3 aromatic rings. The van der Waals surface area contributed by atoms with Gasteiger partial charge in [-0.3, -0.25) is 9.59 Å². The standard InChI is InChI=1S/C20H13N3O2/c24-18-10-17(20(25)16-11-21-12-22-19(16)18)23-15-8-4-7-14(9-15)13-5-2-1-3-6-13/h1-12,23H. The Hall–Kier alpha value is -3.60. The van der Waals surface area contributed by atoms with Gasteiger partial charge in [0.1, 0.15) is 12.0 Å². The molecule has 120 valence electrons. The molecule has 1 heterocycles. The van der Waals surface area contributed by atoms with Gasteiger partial charge in [0.2, 0.25) is 11.6 Å². The highest BCUT2D eigenvalue weighted by Gasteiger charge is 2.27. The normalized spacial score (nSPS) is 13.2. The van der Waals surface area contributed by atoms with Crippen molar-refractivity contribution in [2.24, 2.45) is 0 Å². The van der Waals surface area contributed by atoms with E-state index in [2.05, 4.69) is 15.3 Å². The van der Waals surface area contributed by atoms with E-state index < -0.39 is 0 Å². The third kappa shape index (κ3) is 2.83. The van der Waals surface area contributed by atoms with Crippen molar-refractivity contribution in [1.82, 2.24) is 9.97 Å². The lowest BCUT2D eigenvalue weighted by molar-refractivity contribution is 0.0981. The van der Waals surface area contributed by atoms with Crippen LogP contribution in [0.2, 0.25) is 0 Å². The van der Waals surface area contributed by atoms with Gasteiger partial charge in [0.05, 0.1) is 11.3 Å². The number of nitrogens with one attached hydrogen (secondary N) is 1. The molecule has 0 bridgehead atoms. The molecule has 0 amide bonds. The fourth-order valence-corrected chi connectivity index (χ4v) is 2.76. The maximum absolute atomic E-state index is 12.6. The lowest BCUT2D eigenvalue weighted by Gasteiger charge is -2.16. The third-order valence-corrected chi connectivity index (χ3v) is 3.96. The second-order valence-corrected chi connectivity index (χ2v) is 5.61. The molecule has 0 saturated carbocycles. The fourth-order valence-electron chi connectivity index (χ4n) is 2.76. The van der Waals surface area contributed by atoms with Gasteiger partial charge in [-0.25, -0.2) is 9.97 Å². The van der Waals surface area contributed by atoms with Crippen LogP contribution in [0.4, 0.5) is 5.69 Å². The molecule has 5 heteroatoms. The van der Waals surface area contributed by atoms with E-state index in [-0.39, 0.29) is 28.5 Å². The Bertz CT molecular complexity index is 1010. The maximum Gasteiger partial charge on any atom is 0.213 e.